The number of nitrogens with zero attached hydrogens (tertiary/aromatic N) is 4. The fourth-order valence-corrected chi connectivity index (χ4v) is 5.96. The smallest absolute Gasteiger partial charge is 0.416 e. The van der Waals surface area contributed by atoms with E-state index in [1.807, 2.05) is 36.9 Å². The second kappa shape index (κ2) is 16.7. The summed E-state index contributed by atoms with van der Waals surface area (Å²) in [7, 11) is 1.52. The van der Waals surface area contributed by atoms with Gasteiger partial charge in [0.05, 0.1) is 56.1 Å². The highest BCUT2D eigenvalue weighted by Gasteiger charge is 2.37. The van der Waals surface area contributed by atoms with E-state index in [9.17, 15) is 31.1 Å². The van der Waals surface area contributed by atoms with Crippen molar-refractivity contribution in [1.82, 2.24) is 9.97 Å². The first-order valence-electron chi connectivity index (χ1n) is 17.0. The van der Waals surface area contributed by atoms with Gasteiger partial charge in [-0.05, 0) is 77.1 Å². The number of ether oxygens (including phenoxy) is 3. The molecule has 1 aliphatic heterocycles. The molecule has 1 N–H and O–H groups in total. The molecule has 0 amide bonds. The Morgan fingerprint density at radius 1 is 0.906 bits per heavy atom. The molecule has 1 saturated heterocycles. The van der Waals surface area contributed by atoms with Gasteiger partial charge < -0.3 is 29.1 Å². The molecule has 0 saturated carbocycles. The number of alkyl halides is 6. The molecule has 2 heterocycles. The molecule has 9 nitrogen and oxygen atoms in total. The van der Waals surface area contributed by atoms with Gasteiger partial charge in [-0.1, -0.05) is 26.0 Å². The van der Waals surface area contributed by atoms with Crippen LogP contribution in [-0.2, 0) is 35.0 Å². The van der Waals surface area contributed by atoms with Crippen molar-refractivity contribution < 1.29 is 50.5 Å². The lowest BCUT2D eigenvalue weighted by molar-refractivity contribution is -0.143. The van der Waals surface area contributed by atoms with Crippen molar-refractivity contribution in [3.8, 4) is 22.6 Å². The first-order valence-corrected chi connectivity index (χ1v) is 17.0. The van der Waals surface area contributed by atoms with Crippen LogP contribution in [0, 0.1) is 0 Å². The molecule has 5 rings (SSSR count). The Kier molecular flexibility index (Phi) is 12.4. The molecule has 1 fully saturated rings. The largest absolute Gasteiger partial charge is 0.496 e. The minimum Gasteiger partial charge on any atom is -0.496 e. The quantitative estimate of drug-likeness (QED) is 0.101. The van der Waals surface area contributed by atoms with E-state index in [4.69, 9.17) is 19.3 Å². The van der Waals surface area contributed by atoms with Crippen LogP contribution < -0.4 is 19.3 Å². The number of aromatic nitrogens is 2. The Morgan fingerprint density at radius 3 is 2.15 bits per heavy atom. The Labute approximate surface area is 303 Å². The topological polar surface area (TPSA) is 97.3 Å². The van der Waals surface area contributed by atoms with Crippen LogP contribution in [0.15, 0.2) is 67.0 Å². The van der Waals surface area contributed by atoms with Gasteiger partial charge in [-0.2, -0.15) is 26.3 Å². The number of hydrogen-bond acceptors (Lipinski definition) is 8. The summed E-state index contributed by atoms with van der Waals surface area (Å²) in [6.45, 7) is 5.86. The Balaban J connectivity index is 1.63. The molecule has 0 atom stereocenters. The van der Waals surface area contributed by atoms with E-state index in [1.54, 1.807) is 30.6 Å². The molecule has 0 radical (unpaired) electrons. The zero-order valence-electron chi connectivity index (χ0n) is 29.4. The number of hydrogen-bond donors (Lipinski definition) is 1. The number of carbonyl (C=O) groups is 1. The highest BCUT2D eigenvalue weighted by atomic mass is 19.4. The van der Waals surface area contributed by atoms with E-state index in [0.29, 0.717) is 72.3 Å². The van der Waals surface area contributed by atoms with Crippen LogP contribution in [-0.4, -0.2) is 61.1 Å². The Bertz CT molecular complexity index is 1830. The predicted molar refractivity (Wildman–Crippen MR) is 186 cm³/mol. The molecule has 0 aliphatic carbocycles. The van der Waals surface area contributed by atoms with Gasteiger partial charge in [-0.25, -0.2) is 9.97 Å². The average Bonchev–Trinajstić information content (AvgIpc) is 3.12. The number of anilines is 2. The molecule has 0 bridgehead atoms. The Morgan fingerprint density at radius 2 is 1.57 bits per heavy atom. The molecule has 0 spiro atoms. The lowest BCUT2D eigenvalue weighted by Crippen LogP contribution is -2.36. The van der Waals surface area contributed by atoms with Crippen LogP contribution in [0.4, 0.5) is 38.0 Å². The standard InChI is InChI=1S/C38H40F6N4O5/c1-24(2)26-6-9-34(51-3)33(18-26)32-8-7-31(53-12-4-5-35(49)50)17-27(32)23-48(36-45-20-30(21-46-36)47-10-13-52-14-11-47)22-25-15-28(37(39,40)41)19-29(16-25)38(42,43)44/h6-9,15-21,24H,4-5,10-14,22-23H2,1-3H3,(H,49,50). The summed E-state index contributed by atoms with van der Waals surface area (Å²) < 4.78 is 100. The van der Waals surface area contributed by atoms with Crippen molar-refractivity contribution in [3.05, 3.63) is 94.8 Å². The molecule has 15 heteroatoms. The number of rotatable bonds is 14. The van der Waals surface area contributed by atoms with Crippen molar-refractivity contribution in [2.75, 3.05) is 49.8 Å². The van der Waals surface area contributed by atoms with Crippen LogP contribution in [0.25, 0.3) is 11.1 Å². The SMILES string of the molecule is COc1ccc(C(C)C)cc1-c1ccc(OCCCC(=O)O)cc1CN(Cc1cc(C(F)(F)F)cc(C(F)(F)F)c1)c1ncc(N2CCOCC2)cn1. The predicted octanol–water partition coefficient (Wildman–Crippen LogP) is 8.60. The molecule has 1 aliphatic rings. The number of halogens is 6. The second-order valence-electron chi connectivity index (χ2n) is 12.9. The number of carboxylic acid groups (broad SMARTS) is 1. The van der Waals surface area contributed by atoms with Crippen molar-refractivity contribution in [1.29, 1.82) is 0 Å². The van der Waals surface area contributed by atoms with E-state index in [0.717, 1.165) is 5.56 Å². The van der Waals surface area contributed by atoms with Gasteiger partial charge in [0.1, 0.15) is 11.5 Å². The molecule has 0 unspecified atom stereocenters. The maximum atomic E-state index is 13.9. The van der Waals surface area contributed by atoms with Gasteiger partial charge in [0.25, 0.3) is 0 Å². The first kappa shape index (κ1) is 39.2. The minimum absolute atomic E-state index is 0.0644. The highest BCUT2D eigenvalue weighted by Crippen LogP contribution is 2.39. The molecule has 53 heavy (non-hydrogen) atoms. The van der Waals surface area contributed by atoms with Crippen molar-refractivity contribution in [2.24, 2.45) is 0 Å². The summed E-state index contributed by atoms with van der Waals surface area (Å²) in [5, 5.41) is 9.05. The van der Waals surface area contributed by atoms with Gasteiger partial charge >= 0.3 is 18.3 Å². The van der Waals surface area contributed by atoms with Gasteiger partial charge in [0, 0.05) is 38.2 Å². The molecule has 3 aromatic carbocycles. The summed E-state index contributed by atoms with van der Waals surface area (Å²) in [5.74, 6) is 0.166. The zero-order valence-corrected chi connectivity index (χ0v) is 29.4. The van der Waals surface area contributed by atoms with E-state index in [1.165, 1.54) is 12.0 Å². The highest BCUT2D eigenvalue weighted by molar-refractivity contribution is 5.75. The number of aliphatic carboxylic acids is 1. The summed E-state index contributed by atoms with van der Waals surface area (Å²) >= 11 is 0. The molecule has 1 aromatic heterocycles. The maximum Gasteiger partial charge on any atom is 0.416 e. The fourth-order valence-electron chi connectivity index (χ4n) is 5.96. The average molecular weight is 747 g/mol. The van der Waals surface area contributed by atoms with E-state index < -0.39 is 36.0 Å². The third kappa shape index (κ3) is 10.3. The molecule has 4 aromatic rings. The van der Waals surface area contributed by atoms with Gasteiger partial charge in [0.2, 0.25) is 5.95 Å². The fraction of sp³-hybridized carbons (Fsp3) is 0.395. The van der Waals surface area contributed by atoms with Crippen LogP contribution in [0.3, 0.4) is 0 Å². The second-order valence-corrected chi connectivity index (χ2v) is 12.9. The first-order chi connectivity index (χ1) is 25.1. The summed E-state index contributed by atoms with van der Waals surface area (Å²) in [4.78, 5) is 23.6. The zero-order chi connectivity index (χ0) is 38.3. The summed E-state index contributed by atoms with van der Waals surface area (Å²) in [6, 6.07) is 12.4. The van der Waals surface area contributed by atoms with Crippen molar-refractivity contribution >= 4 is 17.6 Å². The molecular formula is C38H40F6N4O5. The lowest BCUT2D eigenvalue weighted by atomic mass is 9.93. The van der Waals surface area contributed by atoms with Crippen molar-refractivity contribution in [3.63, 3.8) is 0 Å². The van der Waals surface area contributed by atoms with Gasteiger partial charge in [-0.15, -0.1) is 0 Å². The normalized spacial score (nSPS) is 13.7. The minimum atomic E-state index is -5.03. The number of carboxylic acids is 1. The number of methoxy groups -OCH3 is 1. The summed E-state index contributed by atoms with van der Waals surface area (Å²) in [6.07, 6.45) is -6.81. The third-order valence-electron chi connectivity index (χ3n) is 8.73. The monoisotopic (exact) mass is 746 g/mol. The maximum absolute atomic E-state index is 13.9. The lowest BCUT2D eigenvalue weighted by Gasteiger charge is -2.29. The van der Waals surface area contributed by atoms with E-state index in [-0.39, 0.29) is 49.5 Å². The van der Waals surface area contributed by atoms with Crippen LogP contribution in [0.5, 0.6) is 11.5 Å². The van der Waals surface area contributed by atoms with E-state index >= 15 is 0 Å². The van der Waals surface area contributed by atoms with E-state index in [2.05, 4.69) is 9.97 Å². The third-order valence-corrected chi connectivity index (χ3v) is 8.73. The molecule has 284 valence electrons. The molecular weight excluding hydrogens is 706 g/mol. The van der Waals surface area contributed by atoms with Crippen LogP contribution >= 0.6 is 0 Å². The van der Waals surface area contributed by atoms with Crippen molar-refractivity contribution in [2.45, 2.75) is 58.0 Å². The van der Waals surface area contributed by atoms with Crippen LogP contribution in [0.2, 0.25) is 0 Å². The van der Waals surface area contributed by atoms with Gasteiger partial charge in [-0.3, -0.25) is 4.79 Å². The summed E-state index contributed by atoms with van der Waals surface area (Å²) in [5.41, 5.74) is 0.507. The van der Waals surface area contributed by atoms with Crippen LogP contribution in [0.1, 0.15) is 60.4 Å². The number of morpholine rings is 1. The Hall–Kier alpha value is -5.05. The number of benzene rings is 3. The van der Waals surface area contributed by atoms with Gasteiger partial charge in [0.15, 0.2) is 0 Å².